The molecule has 0 atom stereocenters. The second-order valence-electron chi connectivity index (χ2n) is 3.67. The number of esters is 1. The molecule has 0 radical (unpaired) electrons. The maximum Gasteiger partial charge on any atom is 0.324 e. The number of ether oxygens (including phenoxy) is 1. The topological polar surface area (TPSA) is 67.2 Å². The predicted octanol–water partition coefficient (Wildman–Crippen LogP) is 1.41. The first-order valence-electron chi connectivity index (χ1n) is 4.75. The average Bonchev–Trinajstić information content (AvgIpc) is 2.18. The Morgan fingerprint density at radius 1 is 1.21 bits per heavy atom. The molecule has 1 fully saturated rings. The molecule has 0 aromatic rings. The van der Waals surface area contributed by atoms with Gasteiger partial charge in [-0.25, -0.2) is 0 Å². The highest BCUT2D eigenvalue weighted by molar-refractivity contribution is 5.79. The zero-order chi connectivity index (χ0) is 10.6. The number of rotatable bonds is 2. The molecule has 0 aromatic heterocycles. The van der Waals surface area contributed by atoms with Gasteiger partial charge in [0.1, 0.15) is 5.78 Å². The van der Waals surface area contributed by atoms with E-state index in [-0.39, 0.29) is 17.6 Å². The van der Waals surface area contributed by atoms with Crippen LogP contribution in [-0.2, 0) is 14.3 Å². The highest BCUT2D eigenvalue weighted by atomic mass is 16.5. The van der Waals surface area contributed by atoms with Gasteiger partial charge < -0.3 is 4.74 Å². The maximum absolute atomic E-state index is 11.1. The van der Waals surface area contributed by atoms with E-state index in [4.69, 9.17) is 5.26 Å². The molecule has 0 amide bonds. The lowest BCUT2D eigenvalue weighted by Crippen LogP contribution is -2.25. The third kappa shape index (κ3) is 2.56. The lowest BCUT2D eigenvalue weighted by molar-refractivity contribution is -0.143. The first-order valence-corrected chi connectivity index (χ1v) is 4.75. The summed E-state index contributed by atoms with van der Waals surface area (Å²) in [5, 5.41) is 8.16. The van der Waals surface area contributed by atoms with Crippen LogP contribution < -0.4 is 0 Å². The van der Waals surface area contributed by atoms with Crippen LogP contribution in [0, 0.1) is 23.4 Å². The van der Waals surface area contributed by atoms with Crippen molar-refractivity contribution < 1.29 is 14.3 Å². The molecule has 1 rings (SSSR count). The van der Waals surface area contributed by atoms with E-state index in [1.165, 1.54) is 6.26 Å². The van der Waals surface area contributed by atoms with Gasteiger partial charge in [0, 0.05) is 5.92 Å². The summed E-state index contributed by atoms with van der Waals surface area (Å²) in [6.45, 7) is 1.58. The molecular weight excluding hydrogens is 182 g/mol. The van der Waals surface area contributed by atoms with E-state index in [1.807, 2.05) is 0 Å². The Hall–Kier alpha value is -1.37. The van der Waals surface area contributed by atoms with Gasteiger partial charge in [-0.1, -0.05) is 0 Å². The standard InChI is InChI=1S/C10H13NO3/c1-7(12)8-2-4-9(5-3-8)10(13)14-6-11/h8-9H,2-5H2,1H3. The van der Waals surface area contributed by atoms with E-state index in [1.54, 1.807) is 6.92 Å². The van der Waals surface area contributed by atoms with Crippen LogP contribution in [0.3, 0.4) is 0 Å². The van der Waals surface area contributed by atoms with Crippen LogP contribution in [-0.4, -0.2) is 11.8 Å². The summed E-state index contributed by atoms with van der Waals surface area (Å²) in [5.41, 5.74) is 0. The number of hydrogen-bond donors (Lipinski definition) is 0. The summed E-state index contributed by atoms with van der Waals surface area (Å²) in [7, 11) is 0. The van der Waals surface area contributed by atoms with Crippen LogP contribution in [0.4, 0.5) is 0 Å². The quantitative estimate of drug-likeness (QED) is 0.493. The Labute approximate surface area is 82.8 Å². The molecule has 0 saturated heterocycles. The first-order chi connectivity index (χ1) is 6.65. The highest BCUT2D eigenvalue weighted by Gasteiger charge is 2.29. The number of nitrogens with zero attached hydrogens (tertiary/aromatic N) is 1. The monoisotopic (exact) mass is 195 g/mol. The summed E-state index contributed by atoms with van der Waals surface area (Å²) >= 11 is 0. The molecule has 14 heavy (non-hydrogen) atoms. The Morgan fingerprint density at radius 2 is 1.71 bits per heavy atom. The van der Waals surface area contributed by atoms with Crippen LogP contribution in [0.15, 0.2) is 0 Å². The first kappa shape index (κ1) is 10.7. The van der Waals surface area contributed by atoms with Crippen molar-refractivity contribution in [3.63, 3.8) is 0 Å². The molecule has 0 N–H and O–H groups in total. The summed E-state index contributed by atoms with van der Waals surface area (Å²) in [5.74, 6) is -0.349. The van der Waals surface area contributed by atoms with Gasteiger partial charge in [-0.05, 0) is 32.6 Å². The smallest absolute Gasteiger partial charge is 0.324 e. The van der Waals surface area contributed by atoms with Crippen LogP contribution >= 0.6 is 0 Å². The molecule has 0 spiro atoms. The van der Waals surface area contributed by atoms with Gasteiger partial charge in [-0.15, -0.1) is 5.26 Å². The van der Waals surface area contributed by atoms with Crippen molar-refractivity contribution in [2.24, 2.45) is 11.8 Å². The second kappa shape index (κ2) is 4.75. The third-order valence-electron chi connectivity index (χ3n) is 2.78. The van der Waals surface area contributed by atoms with Crippen LogP contribution in [0.1, 0.15) is 32.6 Å². The average molecular weight is 195 g/mol. The lowest BCUT2D eigenvalue weighted by atomic mass is 9.80. The van der Waals surface area contributed by atoms with Crippen LogP contribution in [0.5, 0.6) is 0 Å². The van der Waals surface area contributed by atoms with Crippen molar-refractivity contribution in [1.82, 2.24) is 0 Å². The number of carbonyl (C=O) groups is 2. The van der Waals surface area contributed by atoms with E-state index < -0.39 is 5.97 Å². The molecule has 1 saturated carbocycles. The molecule has 4 nitrogen and oxygen atoms in total. The number of ketones is 1. The lowest BCUT2D eigenvalue weighted by Gasteiger charge is -2.24. The molecule has 1 aliphatic rings. The van der Waals surface area contributed by atoms with Gasteiger partial charge in [0.25, 0.3) is 6.26 Å². The highest BCUT2D eigenvalue weighted by Crippen LogP contribution is 2.29. The van der Waals surface area contributed by atoms with E-state index in [0.29, 0.717) is 12.8 Å². The molecule has 0 aromatic carbocycles. The molecule has 4 heteroatoms. The largest absolute Gasteiger partial charge is 0.351 e. The Kier molecular flexibility index (Phi) is 3.63. The van der Waals surface area contributed by atoms with E-state index in [9.17, 15) is 9.59 Å². The van der Waals surface area contributed by atoms with Crippen molar-refractivity contribution in [3.05, 3.63) is 0 Å². The van der Waals surface area contributed by atoms with Crippen LogP contribution in [0.25, 0.3) is 0 Å². The molecular formula is C10H13NO3. The minimum atomic E-state index is -0.450. The van der Waals surface area contributed by atoms with Crippen LogP contribution in [0.2, 0.25) is 0 Å². The van der Waals surface area contributed by atoms with Gasteiger partial charge in [0.15, 0.2) is 0 Å². The van der Waals surface area contributed by atoms with Gasteiger partial charge in [-0.2, -0.15) is 0 Å². The molecule has 0 aliphatic heterocycles. The van der Waals surface area contributed by atoms with Gasteiger partial charge in [0.2, 0.25) is 0 Å². The molecule has 0 unspecified atom stereocenters. The number of nitriles is 1. The minimum Gasteiger partial charge on any atom is -0.351 e. The fourth-order valence-corrected chi connectivity index (χ4v) is 1.86. The van der Waals surface area contributed by atoms with Gasteiger partial charge in [0.05, 0.1) is 5.92 Å². The second-order valence-corrected chi connectivity index (χ2v) is 3.67. The molecule has 0 bridgehead atoms. The van der Waals surface area contributed by atoms with Crippen molar-refractivity contribution >= 4 is 11.8 Å². The summed E-state index contributed by atoms with van der Waals surface area (Å²) in [6, 6.07) is 0. The van der Waals surface area contributed by atoms with Crippen molar-refractivity contribution in [1.29, 1.82) is 5.26 Å². The zero-order valence-electron chi connectivity index (χ0n) is 8.16. The maximum atomic E-state index is 11.1. The minimum absolute atomic E-state index is 0.0983. The van der Waals surface area contributed by atoms with Crippen molar-refractivity contribution in [3.8, 4) is 6.26 Å². The normalized spacial score (nSPS) is 26.3. The third-order valence-corrected chi connectivity index (χ3v) is 2.78. The van der Waals surface area contributed by atoms with E-state index >= 15 is 0 Å². The molecule has 0 heterocycles. The van der Waals surface area contributed by atoms with E-state index in [0.717, 1.165) is 12.8 Å². The Balaban J connectivity index is 2.40. The Bertz CT molecular complexity index is 272. The zero-order valence-corrected chi connectivity index (χ0v) is 8.16. The fourth-order valence-electron chi connectivity index (χ4n) is 1.86. The molecule has 1 aliphatic carbocycles. The van der Waals surface area contributed by atoms with Crippen molar-refractivity contribution in [2.75, 3.05) is 0 Å². The van der Waals surface area contributed by atoms with Gasteiger partial charge in [-0.3, -0.25) is 9.59 Å². The number of Topliss-reactive ketones (excluding diaryl/α,β-unsaturated/α-hetero) is 1. The summed E-state index contributed by atoms with van der Waals surface area (Å²) in [4.78, 5) is 22.2. The number of carbonyl (C=O) groups excluding carboxylic acids is 2. The number of hydrogen-bond acceptors (Lipinski definition) is 4. The summed E-state index contributed by atoms with van der Waals surface area (Å²) < 4.78 is 4.26. The fraction of sp³-hybridized carbons (Fsp3) is 0.700. The van der Waals surface area contributed by atoms with Gasteiger partial charge >= 0.3 is 5.97 Å². The molecule has 76 valence electrons. The Morgan fingerprint density at radius 3 is 2.14 bits per heavy atom. The summed E-state index contributed by atoms with van der Waals surface area (Å²) in [6.07, 6.45) is 4.17. The predicted molar refractivity (Wildman–Crippen MR) is 47.8 cm³/mol. The van der Waals surface area contributed by atoms with Crippen molar-refractivity contribution in [2.45, 2.75) is 32.6 Å². The SMILES string of the molecule is CC(=O)C1CCC(C(=O)OC#N)CC1. The van der Waals surface area contributed by atoms with E-state index in [2.05, 4.69) is 4.74 Å².